The van der Waals surface area contributed by atoms with Crippen molar-refractivity contribution < 1.29 is 18.7 Å². The van der Waals surface area contributed by atoms with Gasteiger partial charge in [-0.15, -0.1) is 0 Å². The van der Waals surface area contributed by atoms with E-state index in [-0.39, 0.29) is 35.1 Å². The summed E-state index contributed by atoms with van der Waals surface area (Å²) in [5.74, 6) is -3.00. The van der Waals surface area contributed by atoms with Crippen molar-refractivity contribution >= 4 is 22.6 Å². The summed E-state index contributed by atoms with van der Waals surface area (Å²) in [6, 6.07) is 0.833. The lowest BCUT2D eigenvalue weighted by Gasteiger charge is -2.30. The first kappa shape index (κ1) is 18.9. The van der Waals surface area contributed by atoms with Crippen molar-refractivity contribution in [1.29, 1.82) is 0 Å². The summed E-state index contributed by atoms with van der Waals surface area (Å²) in [4.78, 5) is 23.9. The second kappa shape index (κ2) is 6.55. The zero-order valence-electron chi connectivity index (χ0n) is 15.6. The smallest absolute Gasteiger partial charge is 0.341 e. The number of fused-ring (bicyclic) bond motifs is 1. The molecule has 1 heterocycles. The van der Waals surface area contributed by atoms with E-state index in [1.165, 1.54) is 10.8 Å². The molecule has 6 nitrogen and oxygen atoms in total. The molecule has 28 heavy (non-hydrogen) atoms. The Hall–Kier alpha value is -2.48. The van der Waals surface area contributed by atoms with Crippen LogP contribution >= 0.6 is 0 Å². The minimum Gasteiger partial charge on any atom is -0.477 e. The van der Waals surface area contributed by atoms with Crippen molar-refractivity contribution in [2.45, 2.75) is 50.6 Å². The monoisotopic (exact) mass is 391 g/mol. The number of benzene rings is 1. The molecule has 0 radical (unpaired) electrons. The number of nitrogens with one attached hydrogen (secondary N) is 1. The maximum atomic E-state index is 15.3. The Bertz CT molecular complexity index is 1030. The topological polar surface area (TPSA) is 97.3 Å². The highest BCUT2D eigenvalue weighted by atomic mass is 19.1. The Morgan fingerprint density at radius 2 is 2.11 bits per heavy atom. The Balaban J connectivity index is 1.83. The number of carboxylic acids is 1. The van der Waals surface area contributed by atoms with Crippen molar-refractivity contribution in [3.63, 3.8) is 0 Å². The summed E-state index contributed by atoms with van der Waals surface area (Å²) in [5.41, 5.74) is 4.10. The molecule has 0 bridgehead atoms. The van der Waals surface area contributed by atoms with E-state index in [1.54, 1.807) is 0 Å². The van der Waals surface area contributed by atoms with Crippen molar-refractivity contribution in [2.75, 3.05) is 11.9 Å². The Labute approximate surface area is 160 Å². The minimum atomic E-state index is -1.41. The summed E-state index contributed by atoms with van der Waals surface area (Å²) in [7, 11) is 0. The first-order valence-corrected chi connectivity index (χ1v) is 9.56. The van der Waals surface area contributed by atoms with Gasteiger partial charge in [0.05, 0.1) is 10.9 Å². The fourth-order valence-corrected chi connectivity index (χ4v) is 4.18. The standard InChI is InChI=1S/C20H23F2N3O3/c1-10-3-2-6-20(10,23)9-24-16-14(21)7-12-17(15(16)22)25(11-4-5-11)8-13(18(12)26)19(27)28/h7-8,10-11,24H,2-6,9,23H2,1H3,(H,27,28). The molecule has 2 unspecified atom stereocenters. The SMILES string of the molecule is CC1CCCC1(N)CNc1c(F)cc2c(=O)c(C(=O)O)cn(C3CC3)c2c1F. The van der Waals surface area contributed by atoms with Gasteiger partial charge in [-0.05, 0) is 37.7 Å². The average molecular weight is 391 g/mol. The van der Waals surface area contributed by atoms with Gasteiger partial charge >= 0.3 is 5.97 Å². The molecule has 8 heteroatoms. The summed E-state index contributed by atoms with van der Waals surface area (Å²) in [5, 5.41) is 11.8. The lowest BCUT2D eigenvalue weighted by Crippen LogP contribution is -2.48. The van der Waals surface area contributed by atoms with E-state index in [2.05, 4.69) is 5.32 Å². The third-order valence-electron chi connectivity index (χ3n) is 6.23. The first-order valence-electron chi connectivity index (χ1n) is 9.56. The van der Waals surface area contributed by atoms with Gasteiger partial charge in [-0.25, -0.2) is 13.6 Å². The molecule has 4 rings (SSSR count). The lowest BCUT2D eigenvalue weighted by atomic mass is 9.89. The second-order valence-electron chi connectivity index (χ2n) is 8.14. The molecule has 2 aliphatic carbocycles. The van der Waals surface area contributed by atoms with Crippen molar-refractivity contribution in [2.24, 2.45) is 11.7 Å². The average Bonchev–Trinajstić information content (AvgIpc) is 3.41. The summed E-state index contributed by atoms with van der Waals surface area (Å²) >= 11 is 0. The predicted octanol–water partition coefficient (Wildman–Crippen LogP) is 3.24. The number of hydrogen-bond acceptors (Lipinski definition) is 4. The largest absolute Gasteiger partial charge is 0.477 e. The Morgan fingerprint density at radius 1 is 1.39 bits per heavy atom. The molecule has 150 valence electrons. The van der Waals surface area contributed by atoms with E-state index < -0.39 is 34.1 Å². The van der Waals surface area contributed by atoms with Gasteiger partial charge in [-0.1, -0.05) is 13.3 Å². The molecule has 0 spiro atoms. The van der Waals surface area contributed by atoms with E-state index in [0.717, 1.165) is 38.2 Å². The summed E-state index contributed by atoms with van der Waals surface area (Å²) in [6.45, 7) is 2.24. The van der Waals surface area contributed by atoms with Gasteiger partial charge in [0, 0.05) is 24.3 Å². The van der Waals surface area contributed by atoms with E-state index >= 15 is 4.39 Å². The fourth-order valence-electron chi connectivity index (χ4n) is 4.18. The number of halogens is 2. The van der Waals surface area contributed by atoms with E-state index in [4.69, 9.17) is 5.73 Å². The molecule has 2 saturated carbocycles. The van der Waals surface area contributed by atoms with Crippen LogP contribution in [0.4, 0.5) is 14.5 Å². The molecule has 0 saturated heterocycles. The van der Waals surface area contributed by atoms with Crippen LogP contribution in [0, 0.1) is 17.6 Å². The van der Waals surface area contributed by atoms with Crippen LogP contribution in [0.5, 0.6) is 0 Å². The zero-order valence-corrected chi connectivity index (χ0v) is 15.6. The van der Waals surface area contributed by atoms with Crippen molar-refractivity contribution in [3.05, 3.63) is 39.7 Å². The molecule has 1 aromatic heterocycles. The van der Waals surface area contributed by atoms with E-state index in [1.807, 2.05) is 6.92 Å². The molecule has 2 aliphatic rings. The number of aromatic nitrogens is 1. The van der Waals surface area contributed by atoms with Gasteiger partial charge in [0.15, 0.2) is 5.82 Å². The Morgan fingerprint density at radius 3 is 2.68 bits per heavy atom. The zero-order chi connectivity index (χ0) is 20.2. The number of aromatic carboxylic acids is 1. The normalized spacial score (nSPS) is 24.6. The van der Waals surface area contributed by atoms with Crippen LogP contribution in [-0.4, -0.2) is 27.7 Å². The molecule has 0 aliphatic heterocycles. The molecular formula is C20H23F2N3O3. The molecule has 0 amide bonds. The minimum absolute atomic E-state index is 0.0630. The maximum Gasteiger partial charge on any atom is 0.341 e. The van der Waals surface area contributed by atoms with Gasteiger partial charge in [0.1, 0.15) is 17.1 Å². The van der Waals surface area contributed by atoms with Crippen LogP contribution in [0.25, 0.3) is 10.9 Å². The van der Waals surface area contributed by atoms with Gasteiger partial charge < -0.3 is 20.7 Å². The van der Waals surface area contributed by atoms with Gasteiger partial charge in [-0.3, -0.25) is 4.79 Å². The predicted molar refractivity (Wildman–Crippen MR) is 102 cm³/mol. The first-order chi connectivity index (χ1) is 13.2. The van der Waals surface area contributed by atoms with Crippen LogP contribution in [0.2, 0.25) is 0 Å². The summed E-state index contributed by atoms with van der Waals surface area (Å²) < 4.78 is 31.5. The fraction of sp³-hybridized carbons (Fsp3) is 0.500. The quantitative estimate of drug-likeness (QED) is 0.727. The van der Waals surface area contributed by atoms with E-state index in [9.17, 15) is 19.1 Å². The number of anilines is 1. The van der Waals surface area contributed by atoms with Gasteiger partial charge in [-0.2, -0.15) is 0 Å². The number of nitrogens with zero attached hydrogens (tertiary/aromatic N) is 1. The summed E-state index contributed by atoms with van der Waals surface area (Å²) in [6.07, 6.45) is 5.38. The molecule has 2 atom stereocenters. The number of pyridine rings is 1. The second-order valence-corrected chi connectivity index (χ2v) is 8.14. The molecule has 2 fully saturated rings. The van der Waals surface area contributed by atoms with Crippen molar-refractivity contribution in [1.82, 2.24) is 4.57 Å². The molecule has 2 aromatic rings. The molecule has 1 aromatic carbocycles. The number of nitrogens with two attached hydrogens (primary N) is 1. The van der Waals surface area contributed by atoms with Crippen LogP contribution in [-0.2, 0) is 0 Å². The number of hydrogen-bond donors (Lipinski definition) is 3. The van der Waals surface area contributed by atoms with Crippen LogP contribution in [0.1, 0.15) is 55.4 Å². The number of carboxylic acid groups (broad SMARTS) is 1. The Kier molecular flexibility index (Phi) is 4.41. The third-order valence-corrected chi connectivity index (χ3v) is 6.23. The molecular weight excluding hydrogens is 368 g/mol. The lowest BCUT2D eigenvalue weighted by molar-refractivity contribution is 0.0695. The van der Waals surface area contributed by atoms with Crippen LogP contribution in [0.3, 0.4) is 0 Å². The third kappa shape index (κ3) is 2.96. The van der Waals surface area contributed by atoms with Gasteiger partial charge in [0.2, 0.25) is 5.43 Å². The van der Waals surface area contributed by atoms with Crippen LogP contribution in [0.15, 0.2) is 17.1 Å². The van der Waals surface area contributed by atoms with Crippen LogP contribution < -0.4 is 16.5 Å². The van der Waals surface area contributed by atoms with E-state index in [0.29, 0.717) is 0 Å². The highest BCUT2D eigenvalue weighted by Gasteiger charge is 2.37. The number of rotatable bonds is 5. The highest BCUT2D eigenvalue weighted by Crippen LogP contribution is 2.39. The van der Waals surface area contributed by atoms with Crippen molar-refractivity contribution in [3.8, 4) is 0 Å². The van der Waals surface area contributed by atoms with Gasteiger partial charge in [0.25, 0.3) is 0 Å². The number of carbonyl (C=O) groups is 1. The maximum absolute atomic E-state index is 15.3. The molecule has 4 N–H and O–H groups in total. The highest BCUT2D eigenvalue weighted by molar-refractivity contribution is 5.94.